The van der Waals surface area contributed by atoms with E-state index < -0.39 is 10.0 Å². The average Bonchev–Trinajstić information content (AvgIpc) is 2.78. The fourth-order valence-corrected chi connectivity index (χ4v) is 7.22. The van der Waals surface area contributed by atoms with E-state index >= 15 is 0 Å². The number of carbonyl (C=O) groups excluding carboxylic acids is 1. The molecular formula is C23H36N2O3S2. The molecule has 0 radical (unpaired) electrons. The number of thioether (sulfide) groups is 1. The molecule has 0 unspecified atom stereocenters. The predicted molar refractivity (Wildman–Crippen MR) is 125 cm³/mol. The topological polar surface area (TPSA) is 66.5 Å². The van der Waals surface area contributed by atoms with E-state index in [-0.39, 0.29) is 17.6 Å². The Morgan fingerprint density at radius 3 is 2.60 bits per heavy atom. The zero-order chi connectivity index (χ0) is 21.2. The van der Waals surface area contributed by atoms with E-state index in [2.05, 4.69) is 5.32 Å². The van der Waals surface area contributed by atoms with Gasteiger partial charge in [0.2, 0.25) is 15.9 Å². The van der Waals surface area contributed by atoms with Crippen LogP contribution in [0.5, 0.6) is 0 Å². The molecule has 5 nitrogen and oxygen atoms in total. The molecule has 1 saturated heterocycles. The third-order valence-electron chi connectivity index (χ3n) is 6.17. The first-order valence-electron chi connectivity index (χ1n) is 11.5. The van der Waals surface area contributed by atoms with Crippen LogP contribution in [0.4, 0.5) is 0 Å². The van der Waals surface area contributed by atoms with Crippen LogP contribution in [0.25, 0.3) is 0 Å². The average molecular weight is 453 g/mol. The highest BCUT2D eigenvalue weighted by atomic mass is 32.2. The van der Waals surface area contributed by atoms with Crippen LogP contribution < -0.4 is 5.32 Å². The summed E-state index contributed by atoms with van der Waals surface area (Å²) < 4.78 is 27.1. The highest BCUT2D eigenvalue weighted by Crippen LogP contribution is 2.27. The van der Waals surface area contributed by atoms with Crippen LogP contribution in [0.3, 0.4) is 0 Å². The monoisotopic (exact) mass is 452 g/mol. The first-order chi connectivity index (χ1) is 14.5. The van der Waals surface area contributed by atoms with Gasteiger partial charge in [0.25, 0.3) is 0 Å². The zero-order valence-corrected chi connectivity index (χ0v) is 19.6. The van der Waals surface area contributed by atoms with E-state index in [0.29, 0.717) is 26.1 Å². The van der Waals surface area contributed by atoms with Gasteiger partial charge in [-0.25, -0.2) is 12.7 Å². The Labute approximate surface area is 186 Å². The van der Waals surface area contributed by atoms with Gasteiger partial charge in [0.15, 0.2) is 0 Å². The third kappa shape index (κ3) is 7.57. The maximum atomic E-state index is 12.8. The molecule has 168 valence electrons. The highest BCUT2D eigenvalue weighted by molar-refractivity contribution is 7.99. The number of benzene rings is 1. The lowest BCUT2D eigenvalue weighted by Gasteiger charge is -2.31. The Hall–Kier alpha value is -1.05. The summed E-state index contributed by atoms with van der Waals surface area (Å²) in [6, 6.07) is 9.98. The number of piperidine rings is 1. The van der Waals surface area contributed by atoms with E-state index in [1.807, 2.05) is 42.1 Å². The molecule has 30 heavy (non-hydrogen) atoms. The maximum Gasteiger partial charge on any atom is 0.224 e. The fraction of sp³-hybridized carbons (Fsp3) is 0.696. The number of sulfonamides is 1. The van der Waals surface area contributed by atoms with Crippen molar-refractivity contribution in [3.05, 3.63) is 35.9 Å². The molecule has 2 fully saturated rings. The molecule has 1 saturated carbocycles. The summed E-state index contributed by atoms with van der Waals surface area (Å²) in [6.45, 7) is 1.55. The molecule has 1 atom stereocenters. The predicted octanol–water partition coefficient (Wildman–Crippen LogP) is 3.84. The summed E-state index contributed by atoms with van der Waals surface area (Å²) in [7, 11) is -3.31. The second-order valence-corrected chi connectivity index (χ2v) is 12.0. The molecule has 0 aromatic heterocycles. The van der Waals surface area contributed by atoms with Crippen molar-refractivity contribution in [1.82, 2.24) is 9.62 Å². The van der Waals surface area contributed by atoms with Crippen molar-refractivity contribution in [2.75, 3.05) is 31.1 Å². The third-order valence-corrected chi connectivity index (χ3v) is 9.47. The summed E-state index contributed by atoms with van der Waals surface area (Å²) in [5.41, 5.74) is 1.16. The molecule has 3 rings (SSSR count). The van der Waals surface area contributed by atoms with Crippen LogP contribution in [-0.4, -0.2) is 55.0 Å². The van der Waals surface area contributed by atoms with Crippen LogP contribution in [-0.2, 0) is 21.2 Å². The summed E-state index contributed by atoms with van der Waals surface area (Å²) in [4.78, 5) is 12.6. The van der Waals surface area contributed by atoms with E-state index in [9.17, 15) is 13.2 Å². The van der Waals surface area contributed by atoms with Gasteiger partial charge < -0.3 is 5.32 Å². The van der Waals surface area contributed by atoms with E-state index in [1.165, 1.54) is 32.1 Å². The minimum Gasteiger partial charge on any atom is -0.355 e. The fourth-order valence-electron chi connectivity index (χ4n) is 4.42. The van der Waals surface area contributed by atoms with Gasteiger partial charge in [0.05, 0.1) is 11.7 Å². The minimum atomic E-state index is -3.31. The van der Waals surface area contributed by atoms with Gasteiger partial charge in [0, 0.05) is 30.6 Å². The van der Waals surface area contributed by atoms with Crippen LogP contribution >= 0.6 is 11.8 Å². The van der Waals surface area contributed by atoms with Gasteiger partial charge in [-0.15, -0.1) is 0 Å². The normalized spacial score (nSPS) is 21.4. The summed E-state index contributed by atoms with van der Waals surface area (Å²) in [6.07, 6.45) is 9.54. The Bertz CT molecular complexity index is 749. The van der Waals surface area contributed by atoms with Crippen LogP contribution in [0.2, 0.25) is 0 Å². The SMILES string of the molecule is O=C(NCCSC1CCCCC1)[C@@H]1CCCN(S(=O)(=O)CCCc2ccccc2)C1. The van der Waals surface area contributed by atoms with Gasteiger partial charge in [-0.05, 0) is 44.1 Å². The van der Waals surface area contributed by atoms with Crippen molar-refractivity contribution in [2.24, 2.45) is 5.92 Å². The van der Waals surface area contributed by atoms with Gasteiger partial charge in [-0.1, -0.05) is 49.6 Å². The summed E-state index contributed by atoms with van der Waals surface area (Å²) in [5, 5.41) is 3.80. The molecular weight excluding hydrogens is 416 g/mol. The number of nitrogens with one attached hydrogen (secondary N) is 1. The lowest BCUT2D eigenvalue weighted by atomic mass is 9.99. The number of hydrogen-bond acceptors (Lipinski definition) is 4. The molecule has 0 bridgehead atoms. The standard InChI is InChI=1S/C23H36N2O3S2/c26-23(24-15-17-29-22-13-5-2-6-14-22)21-12-7-16-25(19-21)30(27,28)18-8-11-20-9-3-1-4-10-20/h1,3-4,9-10,21-22H,2,5-8,11-19H2,(H,24,26)/t21-/m1/s1. The number of amides is 1. The van der Waals surface area contributed by atoms with Crippen molar-refractivity contribution in [2.45, 2.75) is 63.0 Å². The van der Waals surface area contributed by atoms with Gasteiger partial charge in [-0.2, -0.15) is 11.8 Å². The first-order valence-corrected chi connectivity index (χ1v) is 14.1. The van der Waals surface area contributed by atoms with Crippen molar-refractivity contribution in [1.29, 1.82) is 0 Å². The molecule has 0 spiro atoms. The molecule has 1 aliphatic heterocycles. The van der Waals surface area contributed by atoms with Crippen molar-refractivity contribution >= 4 is 27.7 Å². The lowest BCUT2D eigenvalue weighted by Crippen LogP contribution is -2.46. The van der Waals surface area contributed by atoms with E-state index in [4.69, 9.17) is 0 Å². The molecule has 1 heterocycles. The number of carbonyl (C=O) groups is 1. The Morgan fingerprint density at radius 1 is 1.07 bits per heavy atom. The van der Waals surface area contributed by atoms with E-state index in [0.717, 1.165) is 35.8 Å². The highest BCUT2D eigenvalue weighted by Gasteiger charge is 2.31. The maximum absolute atomic E-state index is 12.8. The van der Waals surface area contributed by atoms with Crippen molar-refractivity contribution < 1.29 is 13.2 Å². The van der Waals surface area contributed by atoms with Crippen LogP contribution in [0, 0.1) is 5.92 Å². The molecule has 2 aliphatic rings. The lowest BCUT2D eigenvalue weighted by molar-refractivity contribution is -0.125. The van der Waals surface area contributed by atoms with Gasteiger partial charge >= 0.3 is 0 Å². The molecule has 1 aliphatic carbocycles. The van der Waals surface area contributed by atoms with Gasteiger partial charge in [-0.3, -0.25) is 4.79 Å². The second-order valence-electron chi connectivity index (χ2n) is 8.52. The largest absolute Gasteiger partial charge is 0.355 e. The van der Waals surface area contributed by atoms with Crippen LogP contribution in [0.15, 0.2) is 30.3 Å². The Balaban J connectivity index is 1.38. The molecule has 7 heteroatoms. The number of rotatable bonds is 10. The number of aryl methyl sites for hydroxylation is 1. The smallest absolute Gasteiger partial charge is 0.224 e. The van der Waals surface area contributed by atoms with E-state index in [1.54, 1.807) is 4.31 Å². The molecule has 1 N–H and O–H groups in total. The van der Waals surface area contributed by atoms with Gasteiger partial charge in [0.1, 0.15) is 0 Å². The van der Waals surface area contributed by atoms with Crippen molar-refractivity contribution in [3.63, 3.8) is 0 Å². The molecule has 1 amide bonds. The Morgan fingerprint density at radius 2 is 1.83 bits per heavy atom. The first kappa shape index (κ1) is 23.6. The molecule has 1 aromatic carbocycles. The van der Waals surface area contributed by atoms with Crippen molar-refractivity contribution in [3.8, 4) is 0 Å². The second kappa shape index (κ2) is 12.1. The van der Waals surface area contributed by atoms with Crippen LogP contribution in [0.1, 0.15) is 56.9 Å². The summed E-state index contributed by atoms with van der Waals surface area (Å²) >= 11 is 1.98. The Kier molecular flexibility index (Phi) is 9.53. The zero-order valence-electron chi connectivity index (χ0n) is 17.9. The molecule has 1 aromatic rings. The quantitative estimate of drug-likeness (QED) is 0.548. The number of hydrogen-bond donors (Lipinski definition) is 1. The number of nitrogens with zero attached hydrogens (tertiary/aromatic N) is 1. The summed E-state index contributed by atoms with van der Waals surface area (Å²) in [5.74, 6) is 0.893. The minimum absolute atomic E-state index is 0.0171.